The molecule has 0 amide bonds. The highest BCUT2D eigenvalue weighted by molar-refractivity contribution is 8.01. The van der Waals surface area contributed by atoms with Crippen molar-refractivity contribution in [1.29, 1.82) is 0 Å². The molecular weight excluding hydrogens is 300 g/mol. The maximum Gasteiger partial charge on any atom is 0.151 e. The molecule has 0 atom stereocenters. The molecule has 0 radical (unpaired) electrons. The lowest BCUT2D eigenvalue weighted by Gasteiger charge is -2.00. The van der Waals surface area contributed by atoms with Crippen LogP contribution in [0.5, 0.6) is 0 Å². The Bertz CT molecular complexity index is 665. The van der Waals surface area contributed by atoms with Gasteiger partial charge in [0.25, 0.3) is 0 Å². The molecule has 0 aromatic carbocycles. The summed E-state index contributed by atoms with van der Waals surface area (Å²) < 4.78 is 4.25. The van der Waals surface area contributed by atoms with Crippen molar-refractivity contribution >= 4 is 44.9 Å². The van der Waals surface area contributed by atoms with E-state index in [0.29, 0.717) is 5.15 Å². The molecular formula is C12H11ClN4S2. The van der Waals surface area contributed by atoms with Crippen LogP contribution in [0.4, 0.5) is 0 Å². The van der Waals surface area contributed by atoms with Gasteiger partial charge in [-0.3, -0.25) is 0 Å². The van der Waals surface area contributed by atoms with E-state index in [9.17, 15) is 0 Å². The standard InChI is InChI=1S/C12H11ClN4S2/c13-11-6-10-9(7-15-11)16-12(19-10)18-5-1-3-17-4-2-14-8-17/h2,4,6-8H,1,3,5H2. The largest absolute Gasteiger partial charge is 0.337 e. The molecule has 98 valence electrons. The van der Waals surface area contributed by atoms with E-state index in [2.05, 4.69) is 19.5 Å². The van der Waals surface area contributed by atoms with E-state index in [0.717, 1.165) is 33.3 Å². The fourth-order valence-electron chi connectivity index (χ4n) is 1.67. The van der Waals surface area contributed by atoms with Crippen LogP contribution in [0.15, 0.2) is 35.3 Å². The van der Waals surface area contributed by atoms with Crippen LogP contribution >= 0.6 is 34.7 Å². The lowest BCUT2D eigenvalue weighted by molar-refractivity contribution is 0.683. The third-order valence-corrected chi connectivity index (χ3v) is 5.02. The summed E-state index contributed by atoms with van der Waals surface area (Å²) >= 11 is 9.31. The number of aromatic nitrogens is 4. The third-order valence-electron chi connectivity index (χ3n) is 2.57. The summed E-state index contributed by atoms with van der Waals surface area (Å²) in [5.74, 6) is 1.04. The normalized spacial score (nSPS) is 11.2. The summed E-state index contributed by atoms with van der Waals surface area (Å²) in [6.45, 7) is 0.991. The van der Waals surface area contributed by atoms with Gasteiger partial charge in [0.05, 0.1) is 17.2 Å². The zero-order valence-electron chi connectivity index (χ0n) is 9.99. The third kappa shape index (κ3) is 3.26. The van der Waals surface area contributed by atoms with E-state index >= 15 is 0 Å². The summed E-state index contributed by atoms with van der Waals surface area (Å²) in [5.41, 5.74) is 0.923. The van der Waals surface area contributed by atoms with Gasteiger partial charge in [-0.1, -0.05) is 23.4 Å². The molecule has 0 unspecified atom stereocenters. The summed E-state index contributed by atoms with van der Waals surface area (Å²) in [6.07, 6.45) is 8.45. The maximum atomic E-state index is 5.86. The van der Waals surface area contributed by atoms with Gasteiger partial charge < -0.3 is 4.57 Å². The van der Waals surface area contributed by atoms with E-state index in [-0.39, 0.29) is 0 Å². The number of imidazole rings is 1. The fraction of sp³-hybridized carbons (Fsp3) is 0.250. The summed E-state index contributed by atoms with van der Waals surface area (Å²) in [5, 5.41) is 0.521. The first-order valence-corrected chi connectivity index (χ1v) is 8.00. The highest BCUT2D eigenvalue weighted by atomic mass is 35.5. The minimum absolute atomic E-state index is 0.521. The molecule has 3 heterocycles. The number of fused-ring (bicyclic) bond motifs is 1. The van der Waals surface area contributed by atoms with Gasteiger partial charge in [-0.2, -0.15) is 0 Å². The second kappa shape index (κ2) is 5.90. The first-order chi connectivity index (χ1) is 9.31. The summed E-state index contributed by atoms with van der Waals surface area (Å²) in [4.78, 5) is 12.6. The molecule has 3 aromatic heterocycles. The van der Waals surface area contributed by atoms with Crippen molar-refractivity contribution in [2.75, 3.05) is 5.75 Å². The molecule has 7 heteroatoms. The molecule has 0 aliphatic rings. The molecule has 0 aliphatic carbocycles. The molecule has 4 nitrogen and oxygen atoms in total. The number of thioether (sulfide) groups is 1. The molecule has 0 aliphatic heterocycles. The van der Waals surface area contributed by atoms with Crippen LogP contribution in [0, 0.1) is 0 Å². The van der Waals surface area contributed by atoms with E-state index in [4.69, 9.17) is 11.6 Å². The molecule has 0 fully saturated rings. The number of hydrogen-bond acceptors (Lipinski definition) is 5. The predicted molar refractivity (Wildman–Crippen MR) is 80.0 cm³/mol. The van der Waals surface area contributed by atoms with Crippen LogP contribution in [0.2, 0.25) is 5.15 Å². The van der Waals surface area contributed by atoms with Crippen LogP contribution in [0.3, 0.4) is 0 Å². The van der Waals surface area contributed by atoms with Crippen molar-refractivity contribution in [2.24, 2.45) is 0 Å². The zero-order chi connectivity index (χ0) is 13.1. The van der Waals surface area contributed by atoms with Gasteiger partial charge in [0.15, 0.2) is 4.34 Å². The predicted octanol–water partition coefficient (Wildman–Crippen LogP) is 3.72. The Morgan fingerprint density at radius 2 is 2.37 bits per heavy atom. The van der Waals surface area contributed by atoms with Gasteiger partial charge in [-0.05, 0) is 12.5 Å². The number of halogens is 1. The first kappa shape index (κ1) is 12.9. The number of nitrogens with zero attached hydrogens (tertiary/aromatic N) is 4. The lowest BCUT2D eigenvalue weighted by atomic mass is 10.5. The summed E-state index contributed by atoms with van der Waals surface area (Å²) in [7, 11) is 0. The number of thiazole rings is 1. The fourth-order valence-corrected chi connectivity index (χ4v) is 3.97. The van der Waals surface area contributed by atoms with E-state index < -0.39 is 0 Å². The minimum Gasteiger partial charge on any atom is -0.337 e. The zero-order valence-corrected chi connectivity index (χ0v) is 12.4. The van der Waals surface area contributed by atoms with E-state index in [1.807, 2.05) is 18.6 Å². The molecule has 0 saturated carbocycles. The number of aryl methyl sites for hydroxylation is 1. The van der Waals surface area contributed by atoms with Crippen LogP contribution in [-0.2, 0) is 6.54 Å². The van der Waals surface area contributed by atoms with Gasteiger partial charge in [0.1, 0.15) is 10.7 Å². The van der Waals surface area contributed by atoms with Crippen LogP contribution in [0.25, 0.3) is 10.2 Å². The van der Waals surface area contributed by atoms with Crippen molar-refractivity contribution in [3.05, 3.63) is 36.1 Å². The van der Waals surface area contributed by atoms with Gasteiger partial charge in [0, 0.05) is 24.7 Å². The second-order valence-electron chi connectivity index (χ2n) is 3.96. The molecule has 0 spiro atoms. The van der Waals surface area contributed by atoms with Crippen molar-refractivity contribution in [2.45, 2.75) is 17.3 Å². The van der Waals surface area contributed by atoms with Gasteiger partial charge in [-0.15, -0.1) is 11.3 Å². The average Bonchev–Trinajstić information content (AvgIpc) is 3.02. The van der Waals surface area contributed by atoms with Gasteiger partial charge in [0.2, 0.25) is 0 Å². The Hall–Kier alpha value is -1.11. The number of pyridine rings is 1. The Morgan fingerprint density at radius 1 is 1.42 bits per heavy atom. The molecule has 19 heavy (non-hydrogen) atoms. The van der Waals surface area contributed by atoms with Gasteiger partial charge in [-0.25, -0.2) is 15.0 Å². The Kier molecular flexibility index (Phi) is 4.00. The molecule has 0 saturated heterocycles. The van der Waals surface area contributed by atoms with Crippen molar-refractivity contribution in [3.63, 3.8) is 0 Å². The monoisotopic (exact) mass is 310 g/mol. The second-order valence-corrected chi connectivity index (χ2v) is 6.72. The van der Waals surface area contributed by atoms with E-state index in [1.54, 1.807) is 35.5 Å². The number of rotatable bonds is 5. The van der Waals surface area contributed by atoms with Crippen LogP contribution in [0.1, 0.15) is 6.42 Å². The maximum absolute atomic E-state index is 5.86. The average molecular weight is 311 g/mol. The van der Waals surface area contributed by atoms with Crippen molar-refractivity contribution < 1.29 is 0 Å². The van der Waals surface area contributed by atoms with Crippen molar-refractivity contribution in [1.82, 2.24) is 19.5 Å². The SMILES string of the molecule is Clc1cc2sc(SCCCn3ccnc3)nc2cn1. The molecule has 3 aromatic rings. The summed E-state index contributed by atoms with van der Waals surface area (Å²) in [6, 6.07) is 1.87. The molecule has 0 bridgehead atoms. The Balaban J connectivity index is 1.56. The lowest BCUT2D eigenvalue weighted by Crippen LogP contribution is -1.95. The molecule has 3 rings (SSSR count). The smallest absolute Gasteiger partial charge is 0.151 e. The number of hydrogen-bond donors (Lipinski definition) is 0. The van der Waals surface area contributed by atoms with Gasteiger partial charge >= 0.3 is 0 Å². The van der Waals surface area contributed by atoms with Crippen molar-refractivity contribution in [3.8, 4) is 0 Å². The highest BCUT2D eigenvalue weighted by Crippen LogP contribution is 2.30. The first-order valence-electron chi connectivity index (χ1n) is 5.82. The Labute approximate surface area is 123 Å². The van der Waals surface area contributed by atoms with Crippen LogP contribution < -0.4 is 0 Å². The highest BCUT2D eigenvalue weighted by Gasteiger charge is 2.05. The Morgan fingerprint density at radius 3 is 3.21 bits per heavy atom. The molecule has 0 N–H and O–H groups in total. The quantitative estimate of drug-likeness (QED) is 0.409. The topological polar surface area (TPSA) is 43.6 Å². The van der Waals surface area contributed by atoms with E-state index in [1.165, 1.54) is 0 Å². The van der Waals surface area contributed by atoms with Crippen LogP contribution in [-0.4, -0.2) is 25.3 Å². The minimum atomic E-state index is 0.521.